The second-order valence-corrected chi connectivity index (χ2v) is 7.55. The number of alkyl halides is 7. The second-order valence-electron chi connectivity index (χ2n) is 7.55. The van der Waals surface area contributed by atoms with Crippen LogP contribution in [-0.2, 0) is 12.7 Å². The summed E-state index contributed by atoms with van der Waals surface area (Å²) >= 11 is 0. The van der Waals surface area contributed by atoms with Gasteiger partial charge >= 0.3 is 12.8 Å². The van der Waals surface area contributed by atoms with Crippen LogP contribution in [0, 0.1) is 5.92 Å². The van der Waals surface area contributed by atoms with Gasteiger partial charge in [0.25, 0.3) is 6.43 Å². The summed E-state index contributed by atoms with van der Waals surface area (Å²) in [5.74, 6) is 0.160. The van der Waals surface area contributed by atoms with Crippen molar-refractivity contribution in [2.45, 2.75) is 38.6 Å². The number of anilines is 1. The molecule has 35 heavy (non-hydrogen) atoms. The molecule has 3 aromatic heterocycles. The van der Waals surface area contributed by atoms with Crippen molar-refractivity contribution in [2.75, 3.05) is 24.6 Å². The largest absolute Gasteiger partial charge is 0.491 e. The number of ether oxygens (including phenoxy) is 1. The summed E-state index contributed by atoms with van der Waals surface area (Å²) < 4.78 is 91.1. The minimum absolute atomic E-state index is 0.0430. The number of aliphatic hydroxyl groups excluding tert-OH is 1. The molecule has 0 amide bonds. The molecule has 1 aliphatic rings. The molecule has 1 atom stereocenters. The molecule has 15 heteroatoms. The lowest BCUT2D eigenvalue weighted by Crippen LogP contribution is -2.38. The lowest BCUT2D eigenvalue weighted by atomic mass is 9.99. The molecule has 3 aromatic rings. The maximum absolute atomic E-state index is 13.1. The van der Waals surface area contributed by atoms with E-state index in [-0.39, 0.29) is 23.9 Å². The van der Waals surface area contributed by atoms with E-state index in [1.54, 1.807) is 6.20 Å². The average molecular weight is 510 g/mol. The molecule has 0 aromatic carbocycles. The second kappa shape index (κ2) is 11.5. The fraction of sp³-hybridized carbons (Fsp3) is 0.500. The molecule has 0 unspecified atom stereocenters. The Morgan fingerprint density at radius 1 is 1.14 bits per heavy atom. The van der Waals surface area contributed by atoms with Crippen molar-refractivity contribution in [2.24, 2.45) is 5.92 Å². The van der Waals surface area contributed by atoms with Crippen LogP contribution in [0.1, 0.15) is 18.5 Å². The van der Waals surface area contributed by atoms with Crippen molar-refractivity contribution in [3.8, 4) is 5.75 Å². The Labute approximate surface area is 194 Å². The minimum atomic E-state index is -4.60. The van der Waals surface area contributed by atoms with E-state index in [1.165, 1.54) is 18.3 Å². The van der Waals surface area contributed by atoms with Crippen molar-refractivity contribution < 1.29 is 40.6 Å². The predicted octanol–water partition coefficient (Wildman–Crippen LogP) is 4.00. The zero-order valence-corrected chi connectivity index (χ0v) is 18.0. The predicted molar refractivity (Wildman–Crippen MR) is 109 cm³/mol. The van der Waals surface area contributed by atoms with E-state index in [4.69, 9.17) is 9.84 Å². The first-order valence-corrected chi connectivity index (χ1v) is 10.4. The molecule has 4 heterocycles. The van der Waals surface area contributed by atoms with Gasteiger partial charge in [0.15, 0.2) is 11.3 Å². The summed E-state index contributed by atoms with van der Waals surface area (Å²) in [6, 6.07) is 2.64. The Balaban J connectivity index is 0.000000795. The van der Waals surface area contributed by atoms with Crippen LogP contribution in [-0.4, -0.2) is 62.6 Å². The van der Waals surface area contributed by atoms with Gasteiger partial charge in [-0.1, -0.05) is 0 Å². The van der Waals surface area contributed by atoms with Crippen LogP contribution in [0.2, 0.25) is 0 Å². The molecule has 1 saturated heterocycles. The van der Waals surface area contributed by atoms with Gasteiger partial charge in [0, 0.05) is 25.2 Å². The molecule has 0 saturated carbocycles. The highest BCUT2D eigenvalue weighted by molar-refractivity contribution is 5.71. The van der Waals surface area contributed by atoms with Crippen LogP contribution < -0.4 is 9.64 Å². The molecule has 1 aliphatic heterocycles. The molecular formula is C20H21F7N6O2. The van der Waals surface area contributed by atoms with E-state index in [2.05, 4.69) is 20.1 Å². The molecule has 8 nitrogen and oxygen atoms in total. The number of fused-ring (bicyclic) bond motifs is 1. The zero-order chi connectivity index (χ0) is 25.6. The van der Waals surface area contributed by atoms with E-state index >= 15 is 0 Å². The Bertz CT molecular complexity index is 1090. The Hall–Kier alpha value is -3.23. The molecule has 0 bridgehead atoms. The van der Waals surface area contributed by atoms with Gasteiger partial charge in [-0.25, -0.2) is 28.4 Å². The summed E-state index contributed by atoms with van der Waals surface area (Å²) in [7, 11) is 0. The lowest BCUT2D eigenvalue weighted by molar-refractivity contribution is -0.142. The number of rotatable bonds is 6. The number of aromatic nitrogens is 5. The van der Waals surface area contributed by atoms with Gasteiger partial charge in [-0.3, -0.25) is 0 Å². The number of pyridine rings is 1. The maximum atomic E-state index is 13.1. The van der Waals surface area contributed by atoms with Crippen molar-refractivity contribution >= 4 is 17.0 Å². The highest BCUT2D eigenvalue weighted by Crippen LogP contribution is 2.34. The van der Waals surface area contributed by atoms with Crippen LogP contribution in [0.5, 0.6) is 5.75 Å². The number of nitrogens with zero attached hydrogens (tertiary/aromatic N) is 6. The van der Waals surface area contributed by atoms with Crippen molar-refractivity contribution in [3.63, 3.8) is 0 Å². The van der Waals surface area contributed by atoms with Gasteiger partial charge in [0.2, 0.25) is 0 Å². The van der Waals surface area contributed by atoms with E-state index in [0.29, 0.717) is 24.4 Å². The summed E-state index contributed by atoms with van der Waals surface area (Å²) in [5.41, 5.74) is -0.370. The van der Waals surface area contributed by atoms with Gasteiger partial charge in [-0.05, 0) is 25.0 Å². The Morgan fingerprint density at radius 2 is 1.89 bits per heavy atom. The lowest BCUT2D eigenvalue weighted by Gasteiger charge is -2.33. The molecule has 192 valence electrons. The van der Waals surface area contributed by atoms with E-state index in [0.717, 1.165) is 23.7 Å². The molecule has 1 N–H and O–H groups in total. The molecule has 0 radical (unpaired) electrons. The number of hydrogen-bond acceptors (Lipinski definition) is 7. The smallest absolute Gasteiger partial charge is 0.437 e. The third kappa shape index (κ3) is 7.37. The van der Waals surface area contributed by atoms with E-state index in [9.17, 15) is 30.7 Å². The normalized spacial score (nSPS) is 16.5. The van der Waals surface area contributed by atoms with Gasteiger partial charge in [-0.15, -0.1) is 0 Å². The van der Waals surface area contributed by atoms with Crippen molar-refractivity contribution in [1.82, 2.24) is 24.7 Å². The quantitative estimate of drug-likeness (QED) is 0.502. The van der Waals surface area contributed by atoms with E-state index in [1.807, 2.05) is 4.90 Å². The first kappa shape index (κ1) is 26.4. The highest BCUT2D eigenvalue weighted by Gasteiger charge is 2.36. The summed E-state index contributed by atoms with van der Waals surface area (Å²) in [6.07, 6.45) is -1.61. The zero-order valence-electron chi connectivity index (χ0n) is 18.0. The fourth-order valence-corrected chi connectivity index (χ4v) is 3.59. The number of aliphatic hydroxyl groups is 1. The monoisotopic (exact) mass is 510 g/mol. The highest BCUT2D eigenvalue weighted by atomic mass is 19.4. The first-order valence-electron chi connectivity index (χ1n) is 10.4. The standard InChI is InChI=1S/C19H19F5N6O.CH2F2O/c20-15(21)10-30-18-13(7-27-30)26-8-16(28-18)29-6-2-3-12(9-29)11-31-14-4-1-5-25-17(14)19(22,23)24;2-1(3)4/h1,4-5,7-8,12,15H,2-3,6,9-11H2;1,4H/t12-;/m1./s1. The van der Waals surface area contributed by atoms with E-state index < -0.39 is 31.5 Å². The SMILES string of the molecule is FC(F)Cn1ncc2ncc(N3CCC[C@@H](COc4cccnc4C(F)(F)F)C3)nc21.OC(F)F. The van der Waals surface area contributed by atoms with Crippen LogP contribution in [0.3, 0.4) is 0 Å². The molecule has 0 spiro atoms. The van der Waals surface area contributed by atoms with Gasteiger partial charge < -0.3 is 14.7 Å². The number of halogens is 7. The molecule has 1 fully saturated rings. The molecular weight excluding hydrogens is 489 g/mol. The van der Waals surface area contributed by atoms with Crippen LogP contribution in [0.15, 0.2) is 30.7 Å². The van der Waals surface area contributed by atoms with Gasteiger partial charge in [0.05, 0.1) is 19.0 Å². The van der Waals surface area contributed by atoms with Crippen LogP contribution in [0.4, 0.5) is 36.6 Å². The summed E-state index contributed by atoms with van der Waals surface area (Å²) in [6.45, 7) is -2.50. The Kier molecular flexibility index (Phi) is 8.64. The first-order chi connectivity index (χ1) is 16.5. The minimum Gasteiger partial charge on any atom is -0.491 e. The molecule has 0 aliphatic carbocycles. The van der Waals surface area contributed by atoms with Crippen LogP contribution in [0.25, 0.3) is 11.2 Å². The third-order valence-electron chi connectivity index (χ3n) is 5.00. The summed E-state index contributed by atoms with van der Waals surface area (Å²) in [4.78, 5) is 14.0. The van der Waals surface area contributed by atoms with Gasteiger partial charge in [0.1, 0.15) is 23.6 Å². The van der Waals surface area contributed by atoms with Gasteiger partial charge in [-0.2, -0.15) is 27.1 Å². The average Bonchev–Trinajstić information content (AvgIpc) is 3.18. The topological polar surface area (TPSA) is 89.2 Å². The van der Waals surface area contributed by atoms with Crippen molar-refractivity contribution in [1.29, 1.82) is 0 Å². The fourth-order valence-electron chi connectivity index (χ4n) is 3.59. The van der Waals surface area contributed by atoms with Crippen LogP contribution >= 0.6 is 0 Å². The molecule has 4 rings (SSSR count). The number of piperidine rings is 1. The van der Waals surface area contributed by atoms with Crippen molar-refractivity contribution in [3.05, 3.63) is 36.4 Å². The summed E-state index contributed by atoms with van der Waals surface area (Å²) in [5, 5.41) is 10.6. The maximum Gasteiger partial charge on any atom is 0.437 e. The third-order valence-corrected chi connectivity index (χ3v) is 5.00. The number of hydrogen-bond donors (Lipinski definition) is 1. The Morgan fingerprint density at radius 3 is 2.57 bits per heavy atom.